The van der Waals surface area contributed by atoms with Crippen molar-refractivity contribution in [1.29, 1.82) is 0 Å². The second kappa shape index (κ2) is 9.62. The van der Waals surface area contributed by atoms with Gasteiger partial charge in [-0.25, -0.2) is 9.97 Å². The van der Waals surface area contributed by atoms with Crippen LogP contribution in [-0.2, 0) is 19.3 Å². The van der Waals surface area contributed by atoms with Crippen molar-refractivity contribution in [2.45, 2.75) is 65.8 Å². The molecule has 0 bridgehead atoms. The standard InChI is InChI=1S/C29H32N4O2S/c1-17(29(2,3)4)32-28(35)21-15-30-27-26(21)33-22(16-31-27)24-11-12-25(36-24)23(34)14-18-9-10-19-7-5-6-8-20(19)13-18/h9-13,15-17H,5-8,14H2,1-4H3,(H,30,31)(H,32,35)/t17-/m0/s1. The van der Waals surface area contributed by atoms with Gasteiger partial charge in [0.2, 0.25) is 0 Å². The number of nitrogens with one attached hydrogen (secondary N) is 2. The number of Topliss-reactive ketones (excluding diaryl/α,β-unsaturated/α-hetero) is 1. The fourth-order valence-corrected chi connectivity index (χ4v) is 5.37. The van der Waals surface area contributed by atoms with Crippen molar-refractivity contribution in [2.24, 2.45) is 5.41 Å². The van der Waals surface area contributed by atoms with Crippen molar-refractivity contribution in [1.82, 2.24) is 20.3 Å². The lowest BCUT2D eigenvalue weighted by Gasteiger charge is -2.27. The minimum absolute atomic E-state index is 0.00734. The first-order valence-electron chi connectivity index (χ1n) is 12.6. The number of carbonyl (C=O) groups is 2. The van der Waals surface area contributed by atoms with E-state index < -0.39 is 0 Å². The van der Waals surface area contributed by atoms with Crippen molar-refractivity contribution in [3.05, 3.63) is 69.9 Å². The predicted molar refractivity (Wildman–Crippen MR) is 145 cm³/mol. The minimum atomic E-state index is -0.178. The van der Waals surface area contributed by atoms with E-state index in [1.54, 1.807) is 12.4 Å². The maximum Gasteiger partial charge on any atom is 0.255 e. The molecule has 2 N–H and O–H groups in total. The van der Waals surface area contributed by atoms with Crippen LogP contribution in [0.4, 0.5) is 0 Å². The number of thiophene rings is 1. The highest BCUT2D eigenvalue weighted by Gasteiger charge is 2.24. The van der Waals surface area contributed by atoms with Gasteiger partial charge in [-0.05, 0) is 66.8 Å². The second-order valence-electron chi connectivity index (χ2n) is 10.8. The summed E-state index contributed by atoms with van der Waals surface area (Å²) in [4.78, 5) is 39.8. The van der Waals surface area contributed by atoms with E-state index in [2.05, 4.69) is 54.3 Å². The monoisotopic (exact) mass is 500 g/mol. The lowest BCUT2D eigenvalue weighted by molar-refractivity contribution is 0.0911. The van der Waals surface area contributed by atoms with Crippen molar-refractivity contribution in [2.75, 3.05) is 0 Å². The van der Waals surface area contributed by atoms with Crippen LogP contribution in [0.2, 0.25) is 0 Å². The summed E-state index contributed by atoms with van der Waals surface area (Å²) in [6.45, 7) is 8.27. The highest BCUT2D eigenvalue weighted by atomic mass is 32.1. The van der Waals surface area contributed by atoms with Crippen molar-refractivity contribution >= 4 is 34.2 Å². The molecule has 7 heteroatoms. The highest BCUT2D eigenvalue weighted by molar-refractivity contribution is 7.17. The summed E-state index contributed by atoms with van der Waals surface area (Å²) < 4.78 is 0. The second-order valence-corrected chi connectivity index (χ2v) is 11.9. The largest absolute Gasteiger partial charge is 0.349 e. The Morgan fingerprint density at radius 2 is 1.89 bits per heavy atom. The third-order valence-corrected chi connectivity index (χ3v) is 8.33. The van der Waals surface area contributed by atoms with Gasteiger partial charge in [-0.2, -0.15) is 0 Å². The molecule has 0 aliphatic heterocycles. The van der Waals surface area contributed by atoms with Gasteiger partial charge < -0.3 is 10.3 Å². The van der Waals surface area contributed by atoms with E-state index in [4.69, 9.17) is 4.98 Å². The van der Waals surface area contributed by atoms with Gasteiger partial charge >= 0.3 is 0 Å². The molecule has 186 valence electrons. The quantitative estimate of drug-likeness (QED) is 0.311. The van der Waals surface area contributed by atoms with Crippen molar-refractivity contribution in [3.63, 3.8) is 0 Å². The first kappa shape index (κ1) is 24.4. The lowest BCUT2D eigenvalue weighted by atomic mass is 9.88. The highest BCUT2D eigenvalue weighted by Crippen LogP contribution is 2.30. The zero-order valence-corrected chi connectivity index (χ0v) is 22.1. The lowest BCUT2D eigenvalue weighted by Crippen LogP contribution is -2.41. The summed E-state index contributed by atoms with van der Waals surface area (Å²) in [5, 5.41) is 3.07. The van der Waals surface area contributed by atoms with Crippen LogP contribution in [0, 0.1) is 5.41 Å². The topological polar surface area (TPSA) is 87.7 Å². The van der Waals surface area contributed by atoms with E-state index in [1.807, 2.05) is 19.1 Å². The molecule has 3 heterocycles. The molecule has 6 nitrogen and oxygen atoms in total. The zero-order chi connectivity index (χ0) is 25.4. The molecule has 0 fully saturated rings. The summed E-state index contributed by atoms with van der Waals surface area (Å²) in [7, 11) is 0. The Hall–Kier alpha value is -3.32. The fraction of sp³-hybridized carbons (Fsp3) is 0.379. The van der Waals surface area contributed by atoms with E-state index >= 15 is 0 Å². The van der Waals surface area contributed by atoms with Gasteiger partial charge in [0.1, 0.15) is 5.52 Å². The molecule has 3 aromatic heterocycles. The number of amides is 1. The number of rotatable bonds is 6. The Kier molecular flexibility index (Phi) is 6.51. The van der Waals surface area contributed by atoms with Crippen LogP contribution in [0.5, 0.6) is 0 Å². The number of hydrogen-bond donors (Lipinski definition) is 2. The Morgan fingerprint density at radius 1 is 1.11 bits per heavy atom. The molecule has 1 aliphatic carbocycles. The Bertz CT molecular complexity index is 1440. The molecule has 1 amide bonds. The maximum atomic E-state index is 13.0. The molecule has 0 radical (unpaired) electrons. The van der Waals surface area contributed by atoms with E-state index in [0.717, 1.165) is 23.3 Å². The Labute approximate surface area is 215 Å². The van der Waals surface area contributed by atoms with Gasteiger partial charge in [-0.15, -0.1) is 11.3 Å². The molecule has 0 saturated heterocycles. The van der Waals surface area contributed by atoms with Gasteiger partial charge in [0.25, 0.3) is 5.91 Å². The summed E-state index contributed by atoms with van der Waals surface area (Å²) in [5.74, 6) is -0.0730. The number of aromatic amines is 1. The van der Waals surface area contributed by atoms with Gasteiger partial charge in [0.05, 0.1) is 27.2 Å². The summed E-state index contributed by atoms with van der Waals surface area (Å²) in [6.07, 6.45) is 8.46. The number of H-pyrrole nitrogens is 1. The van der Waals surface area contributed by atoms with Crippen LogP contribution >= 0.6 is 11.3 Å². The number of ketones is 1. The molecule has 0 unspecified atom stereocenters. The van der Waals surface area contributed by atoms with E-state index in [0.29, 0.717) is 33.7 Å². The molecule has 5 rings (SSSR count). The van der Waals surface area contributed by atoms with E-state index in [-0.39, 0.29) is 23.1 Å². The summed E-state index contributed by atoms with van der Waals surface area (Å²) in [5.41, 5.74) is 6.05. The van der Waals surface area contributed by atoms with E-state index in [1.165, 1.54) is 35.3 Å². The smallest absolute Gasteiger partial charge is 0.255 e. The molecular formula is C29H32N4O2S. The molecule has 1 aromatic carbocycles. The average molecular weight is 501 g/mol. The zero-order valence-electron chi connectivity index (χ0n) is 21.3. The first-order chi connectivity index (χ1) is 17.2. The average Bonchev–Trinajstić information content (AvgIpc) is 3.50. The summed E-state index contributed by atoms with van der Waals surface area (Å²) >= 11 is 1.42. The molecular weight excluding hydrogens is 468 g/mol. The van der Waals surface area contributed by atoms with Crippen molar-refractivity contribution in [3.8, 4) is 10.6 Å². The number of aryl methyl sites for hydroxylation is 2. The summed E-state index contributed by atoms with van der Waals surface area (Å²) in [6, 6.07) is 10.3. The molecule has 0 spiro atoms. The predicted octanol–water partition coefficient (Wildman–Crippen LogP) is 6.16. The fourth-order valence-electron chi connectivity index (χ4n) is 4.47. The van der Waals surface area contributed by atoms with Crippen LogP contribution in [0.1, 0.15) is 77.3 Å². The number of fused-ring (bicyclic) bond motifs is 2. The molecule has 1 atom stereocenters. The number of carbonyl (C=O) groups excluding carboxylic acids is 2. The maximum absolute atomic E-state index is 13.0. The van der Waals surface area contributed by atoms with Crippen LogP contribution in [-0.4, -0.2) is 32.7 Å². The van der Waals surface area contributed by atoms with E-state index in [9.17, 15) is 9.59 Å². The minimum Gasteiger partial charge on any atom is -0.349 e. The normalized spacial score (nSPS) is 14.4. The molecule has 1 aliphatic rings. The molecule has 0 saturated carbocycles. The van der Waals surface area contributed by atoms with Crippen LogP contribution in [0.25, 0.3) is 21.7 Å². The van der Waals surface area contributed by atoms with Crippen molar-refractivity contribution < 1.29 is 9.59 Å². The number of hydrogen-bond acceptors (Lipinski definition) is 5. The molecule has 4 aromatic rings. The number of nitrogens with zero attached hydrogens (tertiary/aromatic N) is 2. The van der Waals surface area contributed by atoms with Crippen LogP contribution < -0.4 is 5.32 Å². The van der Waals surface area contributed by atoms with Gasteiger partial charge in [0, 0.05) is 18.7 Å². The van der Waals surface area contributed by atoms with Gasteiger partial charge in [-0.1, -0.05) is 39.0 Å². The first-order valence-corrected chi connectivity index (χ1v) is 13.4. The third-order valence-electron chi connectivity index (χ3n) is 7.18. The van der Waals surface area contributed by atoms with Crippen LogP contribution in [0.3, 0.4) is 0 Å². The Morgan fingerprint density at radius 3 is 2.67 bits per heavy atom. The number of benzene rings is 1. The SMILES string of the molecule is C[C@H](NC(=O)c1c[nH]c2ncc(-c3ccc(C(=O)Cc4ccc5c(c4)CCCC5)s3)nc12)C(C)(C)C. The molecule has 36 heavy (non-hydrogen) atoms. The van der Waals surface area contributed by atoms with Crippen LogP contribution in [0.15, 0.2) is 42.7 Å². The third kappa shape index (κ3) is 4.98. The van der Waals surface area contributed by atoms with Gasteiger partial charge in [-0.3, -0.25) is 9.59 Å². The Balaban J connectivity index is 1.35. The van der Waals surface area contributed by atoms with Gasteiger partial charge in [0.15, 0.2) is 11.4 Å². The number of aromatic nitrogens is 3.